The summed E-state index contributed by atoms with van der Waals surface area (Å²) in [5, 5.41) is -1.16. The third-order valence-electron chi connectivity index (χ3n) is 1.62. The minimum absolute atomic E-state index is 0.0821. The third kappa shape index (κ3) is 2.68. The average Bonchev–Trinajstić information content (AvgIpc) is 2.30. The normalized spacial score (nSPS) is 10.5. The fraction of sp³-hybridized carbons (Fsp3) is 0.222. The van der Waals surface area contributed by atoms with Crippen molar-refractivity contribution in [1.82, 2.24) is 0 Å². The molecule has 0 radical (unpaired) electrons. The van der Waals surface area contributed by atoms with Crippen molar-refractivity contribution in [3.05, 3.63) is 29.1 Å². The first kappa shape index (κ1) is 13.8. The molecule has 0 aliphatic heterocycles. The third-order valence-corrected chi connectivity index (χ3v) is 2.46. The molecular formula is C9H5F5O2S. The number of hydrogen-bond acceptors (Lipinski definition) is 3. The van der Waals surface area contributed by atoms with Gasteiger partial charge in [-0.25, -0.2) is 26.7 Å². The van der Waals surface area contributed by atoms with Gasteiger partial charge in [-0.05, 0) is 18.7 Å². The van der Waals surface area contributed by atoms with Crippen LogP contribution in [0.5, 0.6) is 0 Å². The van der Waals surface area contributed by atoms with Gasteiger partial charge in [0.05, 0.1) is 11.5 Å². The maximum absolute atomic E-state index is 13.1. The average molecular weight is 272 g/mol. The molecule has 0 aromatic heterocycles. The molecule has 0 saturated carbocycles. The Morgan fingerprint density at radius 2 is 1.41 bits per heavy atom. The predicted octanol–water partition coefficient (Wildman–Crippen LogP) is 3.63. The van der Waals surface area contributed by atoms with Gasteiger partial charge in [0.25, 0.3) is 0 Å². The van der Waals surface area contributed by atoms with Gasteiger partial charge in [0.2, 0.25) is 5.82 Å². The number of thioether (sulfide) groups is 1. The lowest BCUT2D eigenvalue weighted by Crippen LogP contribution is -2.05. The Balaban J connectivity index is 3.20. The summed E-state index contributed by atoms with van der Waals surface area (Å²) in [5.74, 6) is -10.6. The van der Waals surface area contributed by atoms with Gasteiger partial charge >= 0.3 is 5.30 Å². The lowest BCUT2D eigenvalue weighted by molar-refractivity contribution is 0.181. The number of hydrogen-bond donors (Lipinski definition) is 0. The fourth-order valence-electron chi connectivity index (χ4n) is 0.905. The molecule has 0 fully saturated rings. The zero-order chi connectivity index (χ0) is 13.2. The Labute approximate surface area is 96.8 Å². The lowest BCUT2D eigenvalue weighted by Gasteiger charge is -2.06. The zero-order valence-electron chi connectivity index (χ0n) is 8.32. The van der Waals surface area contributed by atoms with E-state index in [9.17, 15) is 26.7 Å². The lowest BCUT2D eigenvalue weighted by atomic mass is 10.3. The highest BCUT2D eigenvalue weighted by molar-refractivity contribution is 8.13. The molecule has 0 spiro atoms. The van der Waals surface area contributed by atoms with Crippen LogP contribution in [0.2, 0.25) is 0 Å². The molecule has 0 bridgehead atoms. The molecule has 1 rings (SSSR count). The summed E-state index contributed by atoms with van der Waals surface area (Å²) in [6.45, 7) is 1.35. The zero-order valence-corrected chi connectivity index (χ0v) is 9.14. The molecule has 0 saturated heterocycles. The van der Waals surface area contributed by atoms with Crippen LogP contribution < -0.4 is 0 Å². The monoisotopic (exact) mass is 272 g/mol. The van der Waals surface area contributed by atoms with Crippen LogP contribution in [-0.4, -0.2) is 11.9 Å². The number of ether oxygens (including phenoxy) is 1. The summed E-state index contributed by atoms with van der Waals surface area (Å²) in [5.41, 5.74) is 0. The summed E-state index contributed by atoms with van der Waals surface area (Å²) in [6.07, 6.45) is 0. The summed E-state index contributed by atoms with van der Waals surface area (Å²) >= 11 is -0.199. The van der Waals surface area contributed by atoms with E-state index in [1.807, 2.05) is 0 Å². The van der Waals surface area contributed by atoms with Crippen LogP contribution in [0, 0.1) is 29.1 Å². The van der Waals surface area contributed by atoms with Gasteiger partial charge < -0.3 is 4.74 Å². The second kappa shape index (κ2) is 5.35. The van der Waals surface area contributed by atoms with E-state index in [0.29, 0.717) is 0 Å². The van der Waals surface area contributed by atoms with E-state index in [0.717, 1.165) is 0 Å². The van der Waals surface area contributed by atoms with Crippen molar-refractivity contribution in [2.75, 3.05) is 6.61 Å². The number of carbonyl (C=O) groups is 1. The first-order valence-electron chi connectivity index (χ1n) is 4.26. The standard InChI is InChI=1S/C9H5F5O2S/c1-2-16-9(15)17-8-6(13)4(11)3(10)5(12)7(8)14/h2H2,1H3. The van der Waals surface area contributed by atoms with Crippen molar-refractivity contribution in [3.8, 4) is 0 Å². The predicted molar refractivity (Wildman–Crippen MR) is 49.1 cm³/mol. The molecule has 94 valence electrons. The SMILES string of the molecule is CCOC(=O)Sc1c(F)c(F)c(F)c(F)c1F. The van der Waals surface area contributed by atoms with Gasteiger partial charge in [0, 0.05) is 0 Å². The van der Waals surface area contributed by atoms with Crippen molar-refractivity contribution in [1.29, 1.82) is 0 Å². The van der Waals surface area contributed by atoms with Gasteiger partial charge in [0.1, 0.15) is 0 Å². The maximum atomic E-state index is 13.1. The van der Waals surface area contributed by atoms with Crippen LogP contribution in [0.3, 0.4) is 0 Å². The molecule has 0 amide bonds. The topological polar surface area (TPSA) is 26.3 Å². The van der Waals surface area contributed by atoms with Crippen molar-refractivity contribution in [3.63, 3.8) is 0 Å². The minimum Gasteiger partial charge on any atom is -0.458 e. The summed E-state index contributed by atoms with van der Waals surface area (Å²) in [4.78, 5) is 9.62. The molecule has 0 aliphatic carbocycles. The van der Waals surface area contributed by atoms with E-state index in [4.69, 9.17) is 0 Å². The Morgan fingerprint density at radius 3 is 1.82 bits per heavy atom. The van der Waals surface area contributed by atoms with E-state index in [2.05, 4.69) is 4.74 Å². The smallest absolute Gasteiger partial charge is 0.372 e. The highest BCUT2D eigenvalue weighted by Gasteiger charge is 2.27. The van der Waals surface area contributed by atoms with Crippen molar-refractivity contribution in [2.24, 2.45) is 0 Å². The molecule has 0 heterocycles. The van der Waals surface area contributed by atoms with Gasteiger partial charge in [-0.15, -0.1) is 0 Å². The number of carbonyl (C=O) groups excluding carboxylic acids is 1. The van der Waals surface area contributed by atoms with E-state index in [-0.39, 0.29) is 18.4 Å². The van der Waals surface area contributed by atoms with Crippen LogP contribution in [-0.2, 0) is 4.74 Å². The molecule has 8 heteroatoms. The van der Waals surface area contributed by atoms with Crippen molar-refractivity contribution >= 4 is 17.1 Å². The second-order valence-electron chi connectivity index (χ2n) is 2.68. The molecule has 2 nitrogen and oxygen atoms in total. The molecule has 1 aromatic carbocycles. The van der Waals surface area contributed by atoms with Crippen LogP contribution >= 0.6 is 11.8 Å². The molecule has 0 unspecified atom stereocenters. The molecule has 0 atom stereocenters. The van der Waals surface area contributed by atoms with Crippen LogP contribution in [0.4, 0.5) is 26.7 Å². The van der Waals surface area contributed by atoms with Crippen LogP contribution in [0.15, 0.2) is 4.90 Å². The molecule has 1 aromatic rings. The van der Waals surface area contributed by atoms with E-state index < -0.39 is 39.3 Å². The Kier molecular flexibility index (Phi) is 4.33. The number of rotatable bonds is 2. The highest BCUT2D eigenvalue weighted by atomic mass is 32.2. The number of benzene rings is 1. The van der Waals surface area contributed by atoms with Crippen LogP contribution in [0.1, 0.15) is 6.92 Å². The van der Waals surface area contributed by atoms with E-state index in [1.54, 1.807) is 0 Å². The van der Waals surface area contributed by atoms with Crippen LogP contribution in [0.25, 0.3) is 0 Å². The molecule has 0 aliphatic rings. The van der Waals surface area contributed by atoms with Crippen molar-refractivity contribution < 1.29 is 31.5 Å². The van der Waals surface area contributed by atoms with Gasteiger partial charge in [-0.1, -0.05) is 0 Å². The second-order valence-corrected chi connectivity index (χ2v) is 3.63. The Morgan fingerprint density at radius 1 is 1.00 bits per heavy atom. The quantitative estimate of drug-likeness (QED) is 0.270. The van der Waals surface area contributed by atoms with Gasteiger partial charge in [0.15, 0.2) is 23.3 Å². The van der Waals surface area contributed by atoms with E-state index >= 15 is 0 Å². The van der Waals surface area contributed by atoms with Crippen molar-refractivity contribution in [2.45, 2.75) is 11.8 Å². The minimum atomic E-state index is -2.27. The first-order valence-corrected chi connectivity index (χ1v) is 5.07. The summed E-state index contributed by atoms with van der Waals surface area (Å²) in [7, 11) is 0. The highest BCUT2D eigenvalue weighted by Crippen LogP contribution is 2.31. The largest absolute Gasteiger partial charge is 0.458 e. The van der Waals surface area contributed by atoms with Gasteiger partial charge in [-0.2, -0.15) is 0 Å². The fourth-order valence-corrected chi connectivity index (χ4v) is 1.61. The summed E-state index contributed by atoms with van der Waals surface area (Å²) < 4.78 is 68.5. The first-order chi connectivity index (χ1) is 7.90. The Bertz CT molecular complexity index is 434. The maximum Gasteiger partial charge on any atom is 0.372 e. The molecule has 17 heavy (non-hydrogen) atoms. The molecule has 0 N–H and O–H groups in total. The number of halogens is 5. The summed E-state index contributed by atoms with van der Waals surface area (Å²) in [6, 6.07) is 0. The molecular weight excluding hydrogens is 267 g/mol. The van der Waals surface area contributed by atoms with Gasteiger partial charge in [-0.3, -0.25) is 0 Å². The van der Waals surface area contributed by atoms with E-state index in [1.165, 1.54) is 6.92 Å². The Hall–Kier alpha value is -1.31.